The van der Waals surface area contributed by atoms with Gasteiger partial charge in [-0.3, -0.25) is 4.79 Å². The fraction of sp³-hybridized carbons (Fsp3) is 0.875. The van der Waals surface area contributed by atoms with Gasteiger partial charge >= 0.3 is 11.9 Å². The quantitative estimate of drug-likeness (QED) is 0.280. The van der Waals surface area contributed by atoms with E-state index in [4.69, 9.17) is 28.4 Å². The summed E-state index contributed by atoms with van der Waals surface area (Å²) in [5, 5.41) is 23.3. The van der Waals surface area contributed by atoms with Crippen molar-refractivity contribution in [3.8, 4) is 0 Å². The summed E-state index contributed by atoms with van der Waals surface area (Å²) in [6, 6.07) is 0. The zero-order valence-electron chi connectivity index (χ0n) is 25.4. The topological polar surface area (TPSA) is 133 Å². The molecule has 2 N–H and O–H groups in total. The molecule has 4 saturated carbocycles. The van der Waals surface area contributed by atoms with Gasteiger partial charge in [-0.05, 0) is 87.0 Å². The number of cyclic esters (lactones) is 1. The molecule has 3 heterocycles. The largest absolute Gasteiger partial charge is 0.458 e. The van der Waals surface area contributed by atoms with Crippen LogP contribution in [0.25, 0.3) is 0 Å². The van der Waals surface area contributed by atoms with E-state index in [-0.39, 0.29) is 40.8 Å². The lowest BCUT2D eigenvalue weighted by molar-refractivity contribution is -0.315. The molecule has 0 amide bonds. The number of aliphatic hydroxyl groups excluding tert-OH is 1. The van der Waals surface area contributed by atoms with Crippen molar-refractivity contribution in [1.29, 1.82) is 0 Å². The number of hydrogen-bond donors (Lipinski definition) is 2. The van der Waals surface area contributed by atoms with Gasteiger partial charge in [0.05, 0.1) is 18.3 Å². The standard InChI is InChI=1S/C32H46O10/c1-16-25(35)26(37-5)27(40-17(2)33)28(39-16)41-20-6-9-29(3)19(13-20)14-23-32(42-23)22(29)8-10-30(4)21(7-11-31(30,32)36)18-12-24(34)38-15-18/h12,16,19-23,25-28,35-36H,6-11,13-15H2,1-5H3/t16-,19+,20-,21-,22-,23+,25-,26+,27+,28-,29-,30+,31+,32-/m0/s1. The van der Waals surface area contributed by atoms with Crippen molar-refractivity contribution in [2.75, 3.05) is 13.7 Å². The minimum atomic E-state index is -0.941. The number of carbonyl (C=O) groups is 2. The van der Waals surface area contributed by atoms with E-state index < -0.39 is 47.9 Å². The molecule has 0 unspecified atom stereocenters. The Balaban J connectivity index is 1.09. The van der Waals surface area contributed by atoms with E-state index in [1.807, 2.05) is 0 Å². The molecule has 7 aliphatic rings. The average Bonchev–Trinajstić information content (AvgIpc) is 3.38. The fourth-order valence-corrected chi connectivity index (χ4v) is 10.8. The highest BCUT2D eigenvalue weighted by Gasteiger charge is 2.84. The molecular formula is C32H46O10. The average molecular weight is 591 g/mol. The molecule has 0 bridgehead atoms. The summed E-state index contributed by atoms with van der Waals surface area (Å²) in [5.74, 6) is -0.0281. The molecule has 6 fully saturated rings. The van der Waals surface area contributed by atoms with Gasteiger partial charge in [-0.2, -0.15) is 0 Å². The van der Waals surface area contributed by atoms with Crippen molar-refractivity contribution in [3.63, 3.8) is 0 Å². The number of carbonyl (C=O) groups excluding carboxylic acids is 2. The number of hydrogen-bond acceptors (Lipinski definition) is 10. The lowest BCUT2D eigenvalue weighted by Crippen LogP contribution is -2.68. The SMILES string of the molecule is CO[C@@H]1[C@@H](O)[C@H](C)O[C@@H](O[C@H]2CC[C@@]3(C)[C@H](C2)C[C@H]2O[C@@]24[C@H]3CC[C@]2(C)[C@H](C3=CC(=O)OC3)CC[C@]42O)[C@@H]1OC(C)=O. The highest BCUT2D eigenvalue weighted by Crippen LogP contribution is 2.77. The first kappa shape index (κ1) is 29.2. The van der Waals surface area contributed by atoms with Crippen molar-refractivity contribution >= 4 is 11.9 Å². The molecule has 0 aromatic carbocycles. The highest BCUT2D eigenvalue weighted by molar-refractivity contribution is 5.85. The fourth-order valence-electron chi connectivity index (χ4n) is 10.8. The Morgan fingerprint density at radius 3 is 2.57 bits per heavy atom. The summed E-state index contributed by atoms with van der Waals surface area (Å²) in [6.07, 6.45) is 4.48. The third-order valence-electron chi connectivity index (χ3n) is 13.0. The molecular weight excluding hydrogens is 544 g/mol. The third kappa shape index (κ3) is 3.84. The van der Waals surface area contributed by atoms with Crippen LogP contribution in [0.5, 0.6) is 0 Å². The van der Waals surface area contributed by atoms with Crippen LogP contribution in [0.2, 0.25) is 0 Å². The third-order valence-corrected chi connectivity index (χ3v) is 13.0. The molecule has 14 atom stereocenters. The minimum Gasteiger partial charge on any atom is -0.458 e. The Hall–Kier alpha value is -1.56. The van der Waals surface area contributed by atoms with Crippen LogP contribution in [-0.2, 0) is 38.0 Å². The molecule has 2 saturated heterocycles. The van der Waals surface area contributed by atoms with E-state index in [1.54, 1.807) is 13.0 Å². The van der Waals surface area contributed by atoms with E-state index in [0.717, 1.165) is 50.5 Å². The minimum absolute atomic E-state index is 0.00499. The number of esters is 2. The second-order valence-corrected chi connectivity index (χ2v) is 14.6. The van der Waals surface area contributed by atoms with Gasteiger partial charge in [-0.25, -0.2) is 4.79 Å². The predicted molar refractivity (Wildman–Crippen MR) is 147 cm³/mol. The van der Waals surface area contributed by atoms with Gasteiger partial charge in [-0.15, -0.1) is 0 Å². The summed E-state index contributed by atoms with van der Waals surface area (Å²) >= 11 is 0. The molecule has 234 valence electrons. The zero-order chi connectivity index (χ0) is 29.8. The molecule has 1 spiro atoms. The van der Waals surface area contributed by atoms with Crippen molar-refractivity contribution in [2.45, 2.75) is 133 Å². The highest BCUT2D eigenvalue weighted by atomic mass is 16.7. The number of ether oxygens (including phenoxy) is 6. The van der Waals surface area contributed by atoms with Crippen LogP contribution in [0.3, 0.4) is 0 Å². The van der Waals surface area contributed by atoms with Crippen LogP contribution in [0.15, 0.2) is 11.6 Å². The van der Waals surface area contributed by atoms with Crippen molar-refractivity contribution in [1.82, 2.24) is 0 Å². The summed E-state index contributed by atoms with van der Waals surface area (Å²) in [5.41, 5.74) is -0.815. The van der Waals surface area contributed by atoms with Crippen molar-refractivity contribution < 1.29 is 48.2 Å². The Labute approximate surface area is 247 Å². The van der Waals surface area contributed by atoms with Gasteiger partial charge in [0.2, 0.25) is 0 Å². The summed E-state index contributed by atoms with van der Waals surface area (Å²) < 4.78 is 35.6. The van der Waals surface area contributed by atoms with Gasteiger partial charge in [0.15, 0.2) is 12.4 Å². The summed E-state index contributed by atoms with van der Waals surface area (Å²) in [4.78, 5) is 23.8. The first-order valence-electron chi connectivity index (χ1n) is 15.8. The molecule has 0 aromatic rings. The molecule has 7 rings (SSSR count). The van der Waals surface area contributed by atoms with Crippen LogP contribution < -0.4 is 0 Å². The maximum Gasteiger partial charge on any atom is 0.331 e. The van der Waals surface area contributed by atoms with Crippen molar-refractivity contribution in [2.24, 2.45) is 28.6 Å². The number of epoxide rings is 1. The van der Waals surface area contributed by atoms with Gasteiger partial charge < -0.3 is 38.6 Å². The molecule has 10 heteroatoms. The Morgan fingerprint density at radius 2 is 1.88 bits per heavy atom. The zero-order valence-corrected chi connectivity index (χ0v) is 25.4. The van der Waals surface area contributed by atoms with Crippen LogP contribution >= 0.6 is 0 Å². The van der Waals surface area contributed by atoms with E-state index in [9.17, 15) is 19.8 Å². The van der Waals surface area contributed by atoms with Crippen LogP contribution in [0.1, 0.15) is 79.1 Å². The van der Waals surface area contributed by atoms with E-state index in [0.29, 0.717) is 18.9 Å². The molecule has 42 heavy (non-hydrogen) atoms. The molecule has 10 nitrogen and oxygen atoms in total. The first-order valence-corrected chi connectivity index (χ1v) is 15.8. The summed E-state index contributed by atoms with van der Waals surface area (Å²) in [6.45, 7) is 8.04. The molecule has 0 aromatic heterocycles. The predicted octanol–water partition coefficient (Wildman–Crippen LogP) is 2.81. The second kappa shape index (κ2) is 9.72. The first-order chi connectivity index (χ1) is 19.9. The Kier molecular flexibility index (Phi) is 6.75. The van der Waals surface area contributed by atoms with Crippen LogP contribution in [0, 0.1) is 28.6 Å². The summed E-state index contributed by atoms with van der Waals surface area (Å²) in [7, 11) is 1.49. The van der Waals surface area contributed by atoms with Crippen molar-refractivity contribution in [3.05, 3.63) is 11.6 Å². The number of fused-ring (bicyclic) bond motifs is 3. The number of rotatable bonds is 5. The number of aliphatic hydroxyl groups is 2. The van der Waals surface area contributed by atoms with Gasteiger partial charge in [0.1, 0.15) is 30.0 Å². The van der Waals surface area contributed by atoms with Crippen LogP contribution in [-0.4, -0.2) is 90.0 Å². The normalized spacial score (nSPS) is 54.5. The molecule has 4 aliphatic carbocycles. The maximum atomic E-state index is 12.6. The molecule has 0 radical (unpaired) electrons. The van der Waals surface area contributed by atoms with Gasteiger partial charge in [0, 0.05) is 25.5 Å². The van der Waals surface area contributed by atoms with E-state index in [2.05, 4.69) is 13.8 Å². The van der Waals surface area contributed by atoms with Gasteiger partial charge in [0.25, 0.3) is 0 Å². The molecule has 3 aliphatic heterocycles. The van der Waals surface area contributed by atoms with Crippen LogP contribution in [0.4, 0.5) is 0 Å². The van der Waals surface area contributed by atoms with E-state index >= 15 is 0 Å². The number of methoxy groups -OCH3 is 1. The lowest BCUT2D eigenvalue weighted by Gasteiger charge is -2.62. The monoisotopic (exact) mass is 590 g/mol. The Morgan fingerprint density at radius 1 is 1.10 bits per heavy atom. The van der Waals surface area contributed by atoms with E-state index in [1.165, 1.54) is 14.0 Å². The second-order valence-electron chi connectivity index (χ2n) is 14.6. The smallest absolute Gasteiger partial charge is 0.331 e. The Bertz CT molecular complexity index is 1170. The lowest BCUT2D eigenvalue weighted by atomic mass is 9.43. The van der Waals surface area contributed by atoms with Gasteiger partial charge in [-0.1, -0.05) is 13.8 Å². The maximum absolute atomic E-state index is 12.6.